The monoisotopic (exact) mass is 222 g/mol. The lowest BCUT2D eigenvalue weighted by Gasteiger charge is -2.26. The predicted octanol–water partition coefficient (Wildman–Crippen LogP) is 1.81. The number of nitrogens with zero attached hydrogens (tertiary/aromatic N) is 2. The third kappa shape index (κ3) is 2.35. The van der Waals surface area contributed by atoms with Crippen molar-refractivity contribution in [3.63, 3.8) is 0 Å². The van der Waals surface area contributed by atoms with E-state index in [1.807, 2.05) is 0 Å². The maximum Gasteiger partial charge on any atom is 0.225 e. The first-order chi connectivity index (χ1) is 7.61. The van der Waals surface area contributed by atoms with Crippen molar-refractivity contribution >= 4 is 11.8 Å². The summed E-state index contributed by atoms with van der Waals surface area (Å²) in [6, 6.07) is 1.78. The molecule has 0 radical (unpaired) electrons. The van der Waals surface area contributed by atoms with Gasteiger partial charge in [0.2, 0.25) is 11.8 Å². The summed E-state index contributed by atoms with van der Waals surface area (Å²) in [7, 11) is 1.57. The number of nitrogens with two attached hydrogens (primary N) is 1. The lowest BCUT2D eigenvalue weighted by molar-refractivity contribution is 0.397. The molecule has 0 unspecified atom stereocenters. The molecule has 0 amide bonds. The number of anilines is 2. The maximum atomic E-state index is 5.61. The molecule has 1 saturated carbocycles. The van der Waals surface area contributed by atoms with Gasteiger partial charge in [-0.1, -0.05) is 12.8 Å². The van der Waals surface area contributed by atoms with E-state index in [1.165, 1.54) is 25.7 Å². The Bertz CT molecular complexity index is 374. The van der Waals surface area contributed by atoms with E-state index in [4.69, 9.17) is 10.5 Å². The zero-order valence-corrected chi connectivity index (χ0v) is 9.79. The van der Waals surface area contributed by atoms with Gasteiger partial charge in [0.05, 0.1) is 7.11 Å². The molecule has 1 aromatic heterocycles. The van der Waals surface area contributed by atoms with Gasteiger partial charge in [0.25, 0.3) is 0 Å². The molecule has 0 aromatic carbocycles. The van der Waals surface area contributed by atoms with Gasteiger partial charge in [0, 0.05) is 11.6 Å². The summed E-state index contributed by atoms with van der Waals surface area (Å²) in [5.74, 6) is 1.48. The van der Waals surface area contributed by atoms with Crippen LogP contribution in [0.3, 0.4) is 0 Å². The average Bonchev–Trinajstić information content (AvgIpc) is 2.63. The van der Waals surface area contributed by atoms with Crippen LogP contribution in [-0.4, -0.2) is 22.6 Å². The minimum absolute atomic E-state index is 0.131. The van der Waals surface area contributed by atoms with Crippen LogP contribution < -0.4 is 15.8 Å². The zero-order valence-electron chi connectivity index (χ0n) is 9.79. The highest BCUT2D eigenvalue weighted by Crippen LogP contribution is 2.32. The van der Waals surface area contributed by atoms with E-state index < -0.39 is 0 Å². The number of nitrogens with one attached hydrogen (secondary N) is 1. The zero-order chi connectivity index (χ0) is 11.6. The summed E-state index contributed by atoms with van der Waals surface area (Å²) >= 11 is 0. The van der Waals surface area contributed by atoms with E-state index in [-0.39, 0.29) is 11.5 Å². The van der Waals surface area contributed by atoms with Gasteiger partial charge in [-0.2, -0.15) is 9.97 Å². The van der Waals surface area contributed by atoms with E-state index in [9.17, 15) is 0 Å². The molecule has 5 heteroatoms. The first-order valence-corrected chi connectivity index (χ1v) is 5.58. The van der Waals surface area contributed by atoms with Crippen LogP contribution >= 0.6 is 0 Å². The number of aromatic nitrogens is 2. The van der Waals surface area contributed by atoms with Crippen LogP contribution in [0.5, 0.6) is 5.88 Å². The Hall–Kier alpha value is -1.52. The van der Waals surface area contributed by atoms with Gasteiger partial charge in [0.1, 0.15) is 5.82 Å². The molecule has 0 saturated heterocycles. The molecule has 1 fully saturated rings. The molecule has 0 bridgehead atoms. The van der Waals surface area contributed by atoms with Crippen LogP contribution in [-0.2, 0) is 0 Å². The third-order valence-corrected chi connectivity index (χ3v) is 3.07. The fourth-order valence-corrected chi connectivity index (χ4v) is 2.20. The highest BCUT2D eigenvalue weighted by Gasteiger charge is 2.28. The smallest absolute Gasteiger partial charge is 0.225 e. The quantitative estimate of drug-likeness (QED) is 0.816. The molecule has 1 heterocycles. The second kappa shape index (κ2) is 4.15. The van der Waals surface area contributed by atoms with Crippen molar-refractivity contribution in [2.24, 2.45) is 0 Å². The highest BCUT2D eigenvalue weighted by molar-refractivity contribution is 5.44. The van der Waals surface area contributed by atoms with E-state index in [1.54, 1.807) is 13.2 Å². The Kier molecular flexibility index (Phi) is 2.85. The summed E-state index contributed by atoms with van der Waals surface area (Å²) < 4.78 is 5.06. The number of hydrogen-bond donors (Lipinski definition) is 2. The van der Waals surface area contributed by atoms with Crippen molar-refractivity contribution in [1.29, 1.82) is 0 Å². The van der Waals surface area contributed by atoms with Gasteiger partial charge < -0.3 is 15.8 Å². The van der Waals surface area contributed by atoms with Gasteiger partial charge in [-0.25, -0.2) is 0 Å². The molecule has 88 valence electrons. The van der Waals surface area contributed by atoms with Crippen molar-refractivity contribution in [2.45, 2.75) is 38.1 Å². The Morgan fingerprint density at radius 2 is 2.06 bits per heavy atom. The van der Waals surface area contributed by atoms with Crippen LogP contribution in [0.25, 0.3) is 0 Å². The van der Waals surface area contributed by atoms with Crippen molar-refractivity contribution in [2.75, 3.05) is 18.2 Å². The second-order valence-corrected chi connectivity index (χ2v) is 4.55. The van der Waals surface area contributed by atoms with Crippen molar-refractivity contribution in [3.05, 3.63) is 6.07 Å². The molecule has 5 nitrogen and oxygen atoms in total. The second-order valence-electron chi connectivity index (χ2n) is 4.55. The summed E-state index contributed by atoms with van der Waals surface area (Å²) in [6.45, 7) is 2.21. The molecule has 0 aliphatic heterocycles. The summed E-state index contributed by atoms with van der Waals surface area (Å²) in [5, 5.41) is 3.42. The Morgan fingerprint density at radius 1 is 1.38 bits per heavy atom. The minimum Gasteiger partial charge on any atom is -0.481 e. The van der Waals surface area contributed by atoms with Crippen LogP contribution in [0.4, 0.5) is 11.8 Å². The molecule has 16 heavy (non-hydrogen) atoms. The first-order valence-electron chi connectivity index (χ1n) is 5.58. The van der Waals surface area contributed by atoms with Crippen LogP contribution in [0, 0.1) is 0 Å². The SMILES string of the molecule is COc1cc(NC2(C)CCCC2)nc(N)n1. The third-order valence-electron chi connectivity index (χ3n) is 3.07. The number of rotatable bonds is 3. The van der Waals surface area contributed by atoms with Gasteiger partial charge in [-0.3, -0.25) is 0 Å². The summed E-state index contributed by atoms with van der Waals surface area (Å²) in [6.07, 6.45) is 4.86. The van der Waals surface area contributed by atoms with Gasteiger partial charge in [0.15, 0.2) is 0 Å². The lowest BCUT2D eigenvalue weighted by atomic mass is 10.0. The number of nitrogen functional groups attached to an aromatic ring is 1. The van der Waals surface area contributed by atoms with Crippen LogP contribution in [0.1, 0.15) is 32.6 Å². The number of methoxy groups -OCH3 is 1. The van der Waals surface area contributed by atoms with Gasteiger partial charge in [-0.15, -0.1) is 0 Å². The molecule has 0 spiro atoms. The Morgan fingerprint density at radius 3 is 2.69 bits per heavy atom. The predicted molar refractivity (Wildman–Crippen MR) is 63.5 cm³/mol. The average molecular weight is 222 g/mol. The van der Waals surface area contributed by atoms with E-state index in [2.05, 4.69) is 22.2 Å². The van der Waals surface area contributed by atoms with Crippen LogP contribution in [0.2, 0.25) is 0 Å². The fraction of sp³-hybridized carbons (Fsp3) is 0.636. The number of ether oxygens (including phenoxy) is 1. The highest BCUT2D eigenvalue weighted by atomic mass is 16.5. The standard InChI is InChI=1S/C11H18N4O/c1-11(5-3-4-6-11)15-8-7-9(16-2)14-10(12)13-8/h7H,3-6H2,1-2H3,(H3,12,13,14,15). The molecular formula is C11H18N4O. The van der Waals surface area contributed by atoms with Gasteiger partial charge in [-0.05, 0) is 19.8 Å². The molecule has 1 aliphatic rings. The molecule has 2 rings (SSSR count). The topological polar surface area (TPSA) is 73.1 Å². The van der Waals surface area contributed by atoms with Crippen molar-refractivity contribution < 1.29 is 4.74 Å². The Balaban J connectivity index is 2.17. The normalized spacial score (nSPS) is 18.4. The van der Waals surface area contributed by atoms with Crippen molar-refractivity contribution in [3.8, 4) is 5.88 Å². The summed E-state index contributed by atoms with van der Waals surface area (Å²) in [4.78, 5) is 8.12. The fourth-order valence-electron chi connectivity index (χ4n) is 2.20. The molecular weight excluding hydrogens is 204 g/mol. The largest absolute Gasteiger partial charge is 0.481 e. The van der Waals surface area contributed by atoms with E-state index in [0.29, 0.717) is 5.88 Å². The van der Waals surface area contributed by atoms with E-state index in [0.717, 1.165) is 5.82 Å². The molecule has 1 aliphatic carbocycles. The van der Waals surface area contributed by atoms with Crippen LogP contribution in [0.15, 0.2) is 6.07 Å². The maximum absolute atomic E-state index is 5.61. The minimum atomic E-state index is 0.131. The molecule has 1 aromatic rings. The summed E-state index contributed by atoms with van der Waals surface area (Å²) in [5.41, 5.74) is 5.74. The van der Waals surface area contributed by atoms with Crippen molar-refractivity contribution in [1.82, 2.24) is 9.97 Å². The van der Waals surface area contributed by atoms with E-state index >= 15 is 0 Å². The molecule has 0 atom stereocenters. The molecule has 3 N–H and O–H groups in total. The van der Waals surface area contributed by atoms with Gasteiger partial charge >= 0.3 is 0 Å². The Labute approximate surface area is 95.4 Å². The number of hydrogen-bond acceptors (Lipinski definition) is 5. The first kappa shape index (κ1) is 11.0. The lowest BCUT2D eigenvalue weighted by Crippen LogP contribution is -2.31.